The predicted molar refractivity (Wildman–Crippen MR) is 74.8 cm³/mol. The van der Waals surface area contributed by atoms with E-state index in [4.69, 9.17) is 5.11 Å². The fourth-order valence-electron chi connectivity index (χ4n) is 1.64. The van der Waals surface area contributed by atoms with Crippen LogP contribution >= 0.6 is 15.9 Å². The molecule has 0 aromatic heterocycles. The number of anilines is 1. The van der Waals surface area contributed by atoms with Crippen LogP contribution in [0.2, 0.25) is 0 Å². The molecule has 0 atom stereocenters. The van der Waals surface area contributed by atoms with E-state index in [1.807, 2.05) is 0 Å². The van der Waals surface area contributed by atoms with E-state index in [1.54, 1.807) is 0 Å². The average Bonchev–Trinajstić information content (AvgIpc) is 2.37. The highest BCUT2D eigenvalue weighted by molar-refractivity contribution is 9.10. The average molecular weight is 335 g/mol. The van der Waals surface area contributed by atoms with E-state index < -0.39 is 10.7 Å². The van der Waals surface area contributed by atoms with Crippen LogP contribution in [0.4, 0.5) is 15.8 Å². The molecule has 5 nitrogen and oxygen atoms in total. The van der Waals surface area contributed by atoms with Crippen molar-refractivity contribution in [3.63, 3.8) is 0 Å². The molecule has 2 N–H and O–H groups in total. The first-order valence-corrected chi connectivity index (χ1v) is 6.83. The van der Waals surface area contributed by atoms with Gasteiger partial charge in [0, 0.05) is 25.3 Å². The van der Waals surface area contributed by atoms with E-state index in [9.17, 15) is 14.5 Å². The molecule has 1 rings (SSSR count). The lowest BCUT2D eigenvalue weighted by Gasteiger charge is -2.08. The van der Waals surface area contributed by atoms with Crippen LogP contribution in [-0.2, 0) is 0 Å². The van der Waals surface area contributed by atoms with Crippen LogP contribution in [-0.4, -0.2) is 23.2 Å². The molecule has 0 heterocycles. The number of halogens is 2. The highest BCUT2D eigenvalue weighted by Gasteiger charge is 2.16. The topological polar surface area (TPSA) is 75.4 Å². The molecule has 0 fully saturated rings. The zero-order valence-corrected chi connectivity index (χ0v) is 12.0. The van der Waals surface area contributed by atoms with Gasteiger partial charge in [0.1, 0.15) is 11.5 Å². The highest BCUT2D eigenvalue weighted by atomic mass is 79.9. The zero-order valence-electron chi connectivity index (χ0n) is 10.4. The lowest BCUT2D eigenvalue weighted by molar-refractivity contribution is -0.384. The first kappa shape index (κ1) is 15.8. The SMILES string of the molecule is O=[N+]([O-])c1cc(Br)c(F)cc1NCCCCCCO. The van der Waals surface area contributed by atoms with Gasteiger partial charge in [-0.2, -0.15) is 0 Å². The van der Waals surface area contributed by atoms with E-state index in [2.05, 4.69) is 21.2 Å². The monoisotopic (exact) mass is 334 g/mol. The van der Waals surface area contributed by atoms with Crippen molar-refractivity contribution in [2.75, 3.05) is 18.5 Å². The van der Waals surface area contributed by atoms with Gasteiger partial charge in [0.15, 0.2) is 0 Å². The summed E-state index contributed by atoms with van der Waals surface area (Å²) < 4.78 is 13.4. The minimum atomic E-state index is -0.543. The van der Waals surface area contributed by atoms with Crippen molar-refractivity contribution < 1.29 is 14.4 Å². The Morgan fingerprint density at radius 1 is 1.32 bits per heavy atom. The van der Waals surface area contributed by atoms with Crippen LogP contribution in [0.15, 0.2) is 16.6 Å². The van der Waals surface area contributed by atoms with E-state index in [0.717, 1.165) is 37.8 Å². The minimum Gasteiger partial charge on any atom is -0.396 e. The number of rotatable bonds is 8. The molecule has 0 bridgehead atoms. The maximum absolute atomic E-state index is 13.4. The minimum absolute atomic E-state index is 0.0766. The molecule has 0 saturated carbocycles. The van der Waals surface area contributed by atoms with Crippen molar-refractivity contribution in [2.45, 2.75) is 25.7 Å². The van der Waals surface area contributed by atoms with Crippen LogP contribution in [0.3, 0.4) is 0 Å². The number of nitrogens with one attached hydrogen (secondary N) is 1. The maximum Gasteiger partial charge on any atom is 0.293 e. The summed E-state index contributed by atoms with van der Waals surface area (Å²) >= 11 is 2.93. The second-order valence-corrected chi connectivity index (χ2v) is 4.96. The van der Waals surface area contributed by atoms with Gasteiger partial charge in [0.25, 0.3) is 5.69 Å². The summed E-state index contributed by atoms with van der Waals surface area (Å²) in [5.74, 6) is -0.534. The van der Waals surface area contributed by atoms with Crippen LogP contribution in [0, 0.1) is 15.9 Å². The van der Waals surface area contributed by atoms with Crippen LogP contribution in [0.1, 0.15) is 25.7 Å². The molecule has 0 radical (unpaired) electrons. The van der Waals surface area contributed by atoms with Crippen molar-refractivity contribution in [3.8, 4) is 0 Å². The quantitative estimate of drug-likeness (QED) is 0.433. The number of nitrogens with zero attached hydrogens (tertiary/aromatic N) is 1. The van der Waals surface area contributed by atoms with Crippen molar-refractivity contribution in [1.82, 2.24) is 0 Å². The van der Waals surface area contributed by atoms with E-state index in [0.29, 0.717) is 6.54 Å². The number of aliphatic hydroxyl groups is 1. The van der Waals surface area contributed by atoms with Crippen molar-refractivity contribution >= 4 is 27.3 Å². The Balaban J connectivity index is 2.57. The molecule has 19 heavy (non-hydrogen) atoms. The fourth-order valence-corrected chi connectivity index (χ4v) is 1.97. The Hall–Kier alpha value is -1.21. The third-order valence-electron chi connectivity index (χ3n) is 2.64. The Morgan fingerprint density at radius 3 is 2.63 bits per heavy atom. The van der Waals surface area contributed by atoms with Gasteiger partial charge in [-0.05, 0) is 28.8 Å². The molecule has 0 spiro atoms. The number of hydrogen-bond donors (Lipinski definition) is 2. The molecular formula is C12H16BrFN2O3. The normalized spacial score (nSPS) is 10.5. The van der Waals surface area contributed by atoms with Gasteiger partial charge < -0.3 is 10.4 Å². The summed E-state index contributed by atoms with van der Waals surface area (Å²) in [5, 5.41) is 22.3. The number of benzene rings is 1. The first-order chi connectivity index (χ1) is 9.06. The number of nitro groups is 1. The molecule has 0 aliphatic heterocycles. The van der Waals surface area contributed by atoms with Crippen LogP contribution in [0.25, 0.3) is 0 Å². The summed E-state index contributed by atoms with van der Waals surface area (Å²) in [6.07, 6.45) is 3.40. The third-order valence-corrected chi connectivity index (χ3v) is 3.24. The molecule has 106 valence electrons. The summed E-state index contributed by atoms with van der Waals surface area (Å²) in [5.41, 5.74) is 0.0384. The number of nitro benzene ring substituents is 1. The second kappa shape index (κ2) is 8.06. The smallest absolute Gasteiger partial charge is 0.293 e. The molecule has 1 aromatic carbocycles. The predicted octanol–water partition coefficient (Wildman–Crippen LogP) is 3.46. The number of unbranched alkanes of at least 4 members (excludes halogenated alkanes) is 3. The lowest BCUT2D eigenvalue weighted by Crippen LogP contribution is -2.05. The summed E-state index contributed by atoms with van der Waals surface area (Å²) in [7, 11) is 0. The molecule has 7 heteroatoms. The van der Waals surface area contributed by atoms with Gasteiger partial charge in [-0.25, -0.2) is 4.39 Å². The van der Waals surface area contributed by atoms with E-state index in [-0.39, 0.29) is 22.5 Å². The molecule has 0 unspecified atom stereocenters. The number of aliphatic hydroxyl groups excluding tert-OH is 1. The Kier molecular flexibility index (Phi) is 6.72. The largest absolute Gasteiger partial charge is 0.396 e. The zero-order chi connectivity index (χ0) is 14.3. The van der Waals surface area contributed by atoms with E-state index in [1.165, 1.54) is 0 Å². The van der Waals surface area contributed by atoms with Crippen LogP contribution < -0.4 is 5.32 Å². The summed E-state index contributed by atoms with van der Waals surface area (Å²) in [4.78, 5) is 10.3. The molecule has 0 amide bonds. The highest BCUT2D eigenvalue weighted by Crippen LogP contribution is 2.30. The van der Waals surface area contributed by atoms with Gasteiger partial charge >= 0.3 is 0 Å². The van der Waals surface area contributed by atoms with Gasteiger partial charge in [-0.1, -0.05) is 12.8 Å². The summed E-state index contributed by atoms with van der Waals surface area (Å²) in [6, 6.07) is 2.28. The maximum atomic E-state index is 13.4. The van der Waals surface area contributed by atoms with E-state index >= 15 is 0 Å². The molecule has 0 aliphatic carbocycles. The Bertz CT molecular complexity index is 443. The Labute approximate surface area is 119 Å². The van der Waals surface area contributed by atoms with Crippen molar-refractivity contribution in [2.24, 2.45) is 0 Å². The van der Waals surface area contributed by atoms with Gasteiger partial charge in [-0.3, -0.25) is 10.1 Å². The van der Waals surface area contributed by atoms with Crippen LogP contribution in [0.5, 0.6) is 0 Å². The van der Waals surface area contributed by atoms with Gasteiger partial charge in [0.2, 0.25) is 0 Å². The third kappa shape index (κ3) is 5.12. The molecule has 1 aromatic rings. The second-order valence-electron chi connectivity index (χ2n) is 4.11. The lowest BCUT2D eigenvalue weighted by atomic mass is 10.2. The van der Waals surface area contributed by atoms with Gasteiger partial charge in [0.05, 0.1) is 9.40 Å². The standard InChI is InChI=1S/C12H16BrFN2O3/c13-9-7-12(16(18)19)11(8-10(9)14)15-5-3-1-2-4-6-17/h7-8,15,17H,1-6H2. The molecule has 0 aliphatic rings. The number of hydrogen-bond acceptors (Lipinski definition) is 4. The Morgan fingerprint density at radius 2 is 2.00 bits per heavy atom. The first-order valence-electron chi connectivity index (χ1n) is 6.04. The van der Waals surface area contributed by atoms with Crippen molar-refractivity contribution in [3.05, 3.63) is 32.5 Å². The van der Waals surface area contributed by atoms with Gasteiger partial charge in [-0.15, -0.1) is 0 Å². The van der Waals surface area contributed by atoms with Crippen molar-refractivity contribution in [1.29, 1.82) is 0 Å². The molecule has 0 saturated heterocycles. The summed E-state index contributed by atoms with van der Waals surface area (Å²) in [6.45, 7) is 0.712. The molecular weight excluding hydrogens is 319 g/mol. The fraction of sp³-hybridized carbons (Fsp3) is 0.500.